The SMILES string of the molecule is CCCCCCC1CCC(COc2ccc(/C=C/C(=O)CC(Cc3ccc(N)cc3)(Cc3ccc(N)cc3)C(O)(O)C(=O)/C=C/c3ccc(OCC4CCC(CCCCCC)CC4)cc3)cc2)CC1. The minimum atomic E-state index is -2.97. The molecule has 2 aliphatic rings. The average Bonchev–Trinajstić information content (AvgIpc) is 3.36. The smallest absolute Gasteiger partial charge is 0.235 e. The van der Waals surface area contributed by atoms with Crippen molar-refractivity contribution < 1.29 is 29.3 Å². The predicted octanol–water partition coefficient (Wildman–Crippen LogP) is 13.6. The summed E-state index contributed by atoms with van der Waals surface area (Å²) in [5.74, 6) is 0.129. The fourth-order valence-corrected chi connectivity index (χ4v) is 10.6. The Hall–Kier alpha value is -5.18. The maximum absolute atomic E-state index is 14.3. The number of anilines is 2. The highest BCUT2D eigenvalue weighted by Crippen LogP contribution is 2.43. The Labute approximate surface area is 414 Å². The van der Waals surface area contributed by atoms with Crippen LogP contribution in [-0.4, -0.2) is 40.8 Å². The third-order valence-corrected chi connectivity index (χ3v) is 15.1. The van der Waals surface area contributed by atoms with Gasteiger partial charge in [-0.2, -0.15) is 0 Å². The number of ether oxygens (including phenoxy) is 2. The van der Waals surface area contributed by atoms with Crippen molar-refractivity contribution in [1.82, 2.24) is 0 Å². The number of unbranched alkanes of at least 4 members (excludes halogenated alkanes) is 6. The van der Waals surface area contributed by atoms with Gasteiger partial charge in [-0.15, -0.1) is 0 Å². The molecule has 372 valence electrons. The molecule has 69 heavy (non-hydrogen) atoms. The second-order valence-corrected chi connectivity index (χ2v) is 20.7. The second kappa shape index (κ2) is 27.3. The molecule has 0 aliphatic heterocycles. The highest BCUT2D eigenvalue weighted by atomic mass is 16.5. The molecule has 0 amide bonds. The van der Waals surface area contributed by atoms with E-state index in [1.165, 1.54) is 128 Å². The summed E-state index contributed by atoms with van der Waals surface area (Å²) < 4.78 is 12.4. The molecule has 4 aromatic carbocycles. The first kappa shape index (κ1) is 53.2. The monoisotopic (exact) mass is 939 g/mol. The van der Waals surface area contributed by atoms with Crippen LogP contribution in [0.2, 0.25) is 0 Å². The van der Waals surface area contributed by atoms with Crippen LogP contribution in [0.1, 0.15) is 158 Å². The van der Waals surface area contributed by atoms with Crippen molar-refractivity contribution in [2.24, 2.45) is 29.1 Å². The number of carbonyl (C=O) groups excluding carboxylic acids is 2. The van der Waals surface area contributed by atoms with Gasteiger partial charge in [-0.3, -0.25) is 9.59 Å². The first-order chi connectivity index (χ1) is 33.4. The Balaban J connectivity index is 1.11. The zero-order chi connectivity index (χ0) is 48.9. The number of nitrogen functional groups attached to an aromatic ring is 2. The van der Waals surface area contributed by atoms with Gasteiger partial charge in [0.25, 0.3) is 0 Å². The van der Waals surface area contributed by atoms with E-state index < -0.39 is 17.0 Å². The summed E-state index contributed by atoms with van der Waals surface area (Å²) in [6, 6.07) is 29.2. The zero-order valence-corrected chi connectivity index (χ0v) is 41.8. The van der Waals surface area contributed by atoms with Gasteiger partial charge in [-0.25, -0.2) is 0 Å². The molecule has 0 unspecified atom stereocenters. The van der Waals surface area contributed by atoms with Crippen LogP contribution in [0.25, 0.3) is 12.2 Å². The van der Waals surface area contributed by atoms with Crippen molar-refractivity contribution in [1.29, 1.82) is 0 Å². The molecule has 0 atom stereocenters. The standard InChI is InChI=1S/C61H82N2O6/c1-3-5-7-9-11-46-13-17-52(18-14-46)44-68-57-36-26-48(27-37-57)25-35-56(64)43-60(41-50-21-31-54(62)32-22-50,42-51-23-33-55(63)34-24-51)61(66,67)59(65)40-30-49-28-38-58(39-29-49)69-45-53-19-15-47(16-20-53)12-10-8-6-4-2/h21-40,46-47,52-53,66-67H,3-20,41-45,62-63H2,1-2H3/b35-25+,40-30+. The van der Waals surface area contributed by atoms with E-state index in [1.54, 1.807) is 60.7 Å². The molecule has 6 rings (SSSR count). The van der Waals surface area contributed by atoms with Crippen molar-refractivity contribution in [3.63, 3.8) is 0 Å². The number of aliphatic hydroxyl groups is 2. The van der Waals surface area contributed by atoms with Crippen LogP contribution in [0.5, 0.6) is 11.5 Å². The molecule has 6 N–H and O–H groups in total. The third kappa shape index (κ3) is 17.0. The zero-order valence-electron chi connectivity index (χ0n) is 41.8. The molecule has 2 fully saturated rings. The van der Waals surface area contributed by atoms with Gasteiger partial charge < -0.3 is 31.2 Å². The van der Waals surface area contributed by atoms with Gasteiger partial charge in [0.1, 0.15) is 11.5 Å². The molecule has 0 saturated heterocycles. The summed E-state index contributed by atoms with van der Waals surface area (Å²) in [4.78, 5) is 28.4. The molecule has 4 aromatic rings. The Bertz CT molecular complexity index is 2130. The highest BCUT2D eigenvalue weighted by Gasteiger charge is 2.54. The predicted molar refractivity (Wildman–Crippen MR) is 284 cm³/mol. The van der Waals surface area contributed by atoms with E-state index >= 15 is 0 Å². The Morgan fingerprint density at radius 2 is 0.928 bits per heavy atom. The minimum Gasteiger partial charge on any atom is -0.493 e. The summed E-state index contributed by atoms with van der Waals surface area (Å²) in [6.45, 7) is 5.92. The average molecular weight is 939 g/mol. The Morgan fingerprint density at radius 1 is 0.536 bits per heavy atom. The van der Waals surface area contributed by atoms with Crippen LogP contribution in [0, 0.1) is 29.1 Å². The van der Waals surface area contributed by atoms with Crippen molar-refractivity contribution in [3.05, 3.63) is 131 Å². The van der Waals surface area contributed by atoms with E-state index in [0.717, 1.165) is 28.9 Å². The molecule has 0 bridgehead atoms. The summed E-state index contributed by atoms with van der Waals surface area (Å²) in [5, 5.41) is 24.6. The summed E-state index contributed by atoms with van der Waals surface area (Å²) in [5.41, 5.74) is 14.4. The molecular formula is C61H82N2O6. The summed E-state index contributed by atoms with van der Waals surface area (Å²) >= 11 is 0. The summed E-state index contributed by atoms with van der Waals surface area (Å²) in [7, 11) is 0. The lowest BCUT2D eigenvalue weighted by molar-refractivity contribution is -0.230. The van der Waals surface area contributed by atoms with Gasteiger partial charge in [-0.05, 0) is 145 Å². The van der Waals surface area contributed by atoms with Gasteiger partial charge in [0.15, 0.2) is 5.78 Å². The molecule has 2 aliphatic carbocycles. The van der Waals surface area contributed by atoms with Gasteiger partial charge in [0, 0.05) is 23.2 Å². The van der Waals surface area contributed by atoms with E-state index in [1.807, 2.05) is 48.5 Å². The van der Waals surface area contributed by atoms with Gasteiger partial charge in [0.2, 0.25) is 11.6 Å². The maximum Gasteiger partial charge on any atom is 0.235 e. The lowest BCUT2D eigenvalue weighted by Crippen LogP contribution is -2.57. The molecular weight excluding hydrogens is 857 g/mol. The van der Waals surface area contributed by atoms with Crippen LogP contribution in [0.3, 0.4) is 0 Å². The van der Waals surface area contributed by atoms with E-state index in [-0.39, 0.29) is 25.0 Å². The van der Waals surface area contributed by atoms with Crippen LogP contribution in [0.15, 0.2) is 109 Å². The van der Waals surface area contributed by atoms with E-state index in [4.69, 9.17) is 20.9 Å². The number of carbonyl (C=O) groups is 2. The van der Waals surface area contributed by atoms with Crippen molar-refractivity contribution >= 4 is 35.1 Å². The van der Waals surface area contributed by atoms with Gasteiger partial charge in [0.05, 0.1) is 13.2 Å². The molecule has 0 heterocycles. The Kier molecular flexibility index (Phi) is 21.0. The molecule has 0 radical (unpaired) electrons. The van der Waals surface area contributed by atoms with Gasteiger partial charge in [-0.1, -0.05) is 164 Å². The van der Waals surface area contributed by atoms with Crippen LogP contribution in [0.4, 0.5) is 11.4 Å². The number of nitrogens with two attached hydrogens (primary N) is 2. The molecule has 0 spiro atoms. The fourth-order valence-electron chi connectivity index (χ4n) is 10.6. The van der Waals surface area contributed by atoms with Crippen LogP contribution >= 0.6 is 0 Å². The number of hydrogen-bond donors (Lipinski definition) is 4. The van der Waals surface area contributed by atoms with Crippen molar-refractivity contribution in [2.45, 2.75) is 154 Å². The van der Waals surface area contributed by atoms with Crippen LogP contribution in [-0.2, 0) is 22.4 Å². The quantitative estimate of drug-likeness (QED) is 0.0191. The normalized spacial score (nSPS) is 19.0. The Morgan fingerprint density at radius 3 is 1.33 bits per heavy atom. The lowest BCUT2D eigenvalue weighted by atomic mass is 9.65. The largest absolute Gasteiger partial charge is 0.493 e. The van der Waals surface area contributed by atoms with E-state index in [0.29, 0.717) is 53.1 Å². The fraction of sp³-hybridized carbons (Fsp3) is 0.508. The van der Waals surface area contributed by atoms with Gasteiger partial charge >= 0.3 is 0 Å². The molecule has 2 saturated carbocycles. The molecule has 8 nitrogen and oxygen atoms in total. The number of benzene rings is 4. The van der Waals surface area contributed by atoms with Crippen molar-refractivity contribution in [2.75, 3.05) is 24.7 Å². The van der Waals surface area contributed by atoms with E-state index in [9.17, 15) is 19.8 Å². The highest BCUT2D eigenvalue weighted by molar-refractivity contribution is 6.01. The first-order valence-corrected chi connectivity index (χ1v) is 26.5. The molecule has 8 heteroatoms. The number of hydrogen-bond acceptors (Lipinski definition) is 8. The number of allylic oxidation sites excluding steroid dienone is 1. The maximum atomic E-state index is 14.3. The second-order valence-electron chi connectivity index (χ2n) is 20.7. The number of ketones is 2. The van der Waals surface area contributed by atoms with Crippen molar-refractivity contribution in [3.8, 4) is 11.5 Å². The number of rotatable bonds is 28. The van der Waals surface area contributed by atoms with E-state index in [2.05, 4.69) is 13.8 Å². The molecule has 0 aromatic heterocycles. The lowest BCUT2D eigenvalue weighted by Gasteiger charge is -2.42. The summed E-state index contributed by atoms with van der Waals surface area (Å²) in [6.07, 6.45) is 28.9. The third-order valence-electron chi connectivity index (χ3n) is 15.1. The van der Waals surface area contributed by atoms with Crippen LogP contribution < -0.4 is 20.9 Å². The minimum absolute atomic E-state index is 0.0108. The topological polar surface area (TPSA) is 145 Å². The first-order valence-electron chi connectivity index (χ1n) is 26.5.